The Balaban J connectivity index is 2.27. The highest BCUT2D eigenvalue weighted by molar-refractivity contribution is 5.99. The van der Waals surface area contributed by atoms with Gasteiger partial charge in [-0.2, -0.15) is 0 Å². The first-order valence-corrected chi connectivity index (χ1v) is 6.30. The Labute approximate surface area is 115 Å². The van der Waals surface area contributed by atoms with Crippen molar-refractivity contribution in [2.24, 2.45) is 5.73 Å². The molecule has 2 amide bonds. The van der Waals surface area contributed by atoms with E-state index in [0.29, 0.717) is 13.0 Å². The minimum absolute atomic E-state index is 0.200. The number of likely N-dealkylation sites (tertiary alicyclic amines) is 1. The van der Waals surface area contributed by atoms with Crippen molar-refractivity contribution < 1.29 is 19.5 Å². The molecule has 7 nitrogen and oxygen atoms in total. The summed E-state index contributed by atoms with van der Waals surface area (Å²) >= 11 is 0. The zero-order chi connectivity index (χ0) is 14.7. The molecule has 0 spiro atoms. The molecule has 1 atom stereocenters. The Morgan fingerprint density at radius 1 is 1.35 bits per heavy atom. The molecule has 2 rings (SSSR count). The molecule has 0 aromatic carbocycles. The molecule has 1 saturated heterocycles. The van der Waals surface area contributed by atoms with Crippen LogP contribution in [0.1, 0.15) is 40.1 Å². The van der Waals surface area contributed by atoms with Crippen molar-refractivity contribution >= 4 is 17.8 Å². The highest BCUT2D eigenvalue weighted by atomic mass is 16.4. The van der Waals surface area contributed by atoms with E-state index in [9.17, 15) is 14.4 Å². The fourth-order valence-corrected chi connectivity index (χ4v) is 2.32. The topological polar surface area (TPSA) is 114 Å². The lowest BCUT2D eigenvalue weighted by Gasteiger charge is -2.33. The normalized spacial score (nSPS) is 18.6. The van der Waals surface area contributed by atoms with Gasteiger partial charge in [0.05, 0.1) is 0 Å². The first-order chi connectivity index (χ1) is 9.50. The summed E-state index contributed by atoms with van der Waals surface area (Å²) < 4.78 is 0. The largest absolute Gasteiger partial charge is 0.477 e. The number of carbonyl (C=O) groups excluding carboxylic acids is 2. The number of carboxylic acid groups (broad SMARTS) is 1. The van der Waals surface area contributed by atoms with E-state index in [1.807, 2.05) is 0 Å². The van der Waals surface area contributed by atoms with Crippen molar-refractivity contribution in [3.63, 3.8) is 0 Å². The van der Waals surface area contributed by atoms with Crippen LogP contribution in [0.25, 0.3) is 0 Å². The predicted molar refractivity (Wildman–Crippen MR) is 69.1 cm³/mol. The highest BCUT2D eigenvalue weighted by Crippen LogP contribution is 2.19. The van der Waals surface area contributed by atoms with Crippen molar-refractivity contribution in [3.8, 4) is 0 Å². The molecule has 1 aliphatic rings. The Hall–Kier alpha value is -2.44. The van der Waals surface area contributed by atoms with Crippen LogP contribution in [0.3, 0.4) is 0 Å². The van der Waals surface area contributed by atoms with E-state index in [-0.39, 0.29) is 11.3 Å². The fourth-order valence-electron chi connectivity index (χ4n) is 2.32. The second kappa shape index (κ2) is 5.68. The first-order valence-electron chi connectivity index (χ1n) is 6.30. The molecule has 1 aliphatic heterocycles. The number of nitrogens with two attached hydrogens (primary N) is 1. The van der Waals surface area contributed by atoms with Crippen LogP contribution in [-0.4, -0.2) is 45.4 Å². The molecule has 1 aromatic rings. The van der Waals surface area contributed by atoms with E-state index in [2.05, 4.69) is 4.98 Å². The lowest BCUT2D eigenvalue weighted by Crippen LogP contribution is -2.50. The second-order valence-electron chi connectivity index (χ2n) is 4.65. The van der Waals surface area contributed by atoms with Gasteiger partial charge in [-0.15, -0.1) is 0 Å². The van der Waals surface area contributed by atoms with Crippen LogP contribution in [0.2, 0.25) is 0 Å². The van der Waals surface area contributed by atoms with Crippen molar-refractivity contribution in [2.75, 3.05) is 6.54 Å². The number of hydrogen-bond acceptors (Lipinski definition) is 4. The summed E-state index contributed by atoms with van der Waals surface area (Å²) in [5.74, 6) is -2.13. The molecular weight excluding hydrogens is 262 g/mol. The number of primary amides is 1. The van der Waals surface area contributed by atoms with E-state index in [1.165, 1.54) is 23.2 Å². The Morgan fingerprint density at radius 2 is 2.10 bits per heavy atom. The van der Waals surface area contributed by atoms with Crippen molar-refractivity contribution in [1.82, 2.24) is 9.88 Å². The van der Waals surface area contributed by atoms with Crippen molar-refractivity contribution in [2.45, 2.75) is 25.3 Å². The summed E-state index contributed by atoms with van der Waals surface area (Å²) in [7, 11) is 0. The van der Waals surface area contributed by atoms with Crippen LogP contribution in [0.4, 0.5) is 0 Å². The van der Waals surface area contributed by atoms with Gasteiger partial charge in [0, 0.05) is 18.3 Å². The maximum absolute atomic E-state index is 12.4. The number of carbonyl (C=O) groups is 3. The number of carboxylic acids is 1. The summed E-state index contributed by atoms with van der Waals surface area (Å²) in [6.07, 6.45) is 3.44. The highest BCUT2D eigenvalue weighted by Gasteiger charge is 2.31. The number of piperidine rings is 1. The molecule has 0 saturated carbocycles. The average molecular weight is 277 g/mol. The molecule has 1 unspecified atom stereocenters. The molecule has 20 heavy (non-hydrogen) atoms. The third kappa shape index (κ3) is 2.76. The molecule has 7 heteroatoms. The lowest BCUT2D eigenvalue weighted by molar-refractivity contribution is -0.123. The van der Waals surface area contributed by atoms with Gasteiger partial charge in [-0.1, -0.05) is 0 Å². The van der Waals surface area contributed by atoms with Crippen LogP contribution in [0, 0.1) is 0 Å². The first kappa shape index (κ1) is 14.0. The second-order valence-corrected chi connectivity index (χ2v) is 4.65. The summed E-state index contributed by atoms with van der Waals surface area (Å²) in [6, 6.07) is 2.01. The zero-order valence-corrected chi connectivity index (χ0v) is 10.8. The minimum Gasteiger partial charge on any atom is -0.477 e. The van der Waals surface area contributed by atoms with Crippen LogP contribution in [-0.2, 0) is 4.79 Å². The number of hydrogen-bond donors (Lipinski definition) is 2. The van der Waals surface area contributed by atoms with Gasteiger partial charge in [-0.05, 0) is 31.4 Å². The fraction of sp³-hybridized carbons (Fsp3) is 0.385. The molecule has 1 fully saturated rings. The van der Waals surface area contributed by atoms with E-state index in [1.54, 1.807) is 0 Å². The Kier molecular flexibility index (Phi) is 3.97. The van der Waals surface area contributed by atoms with Gasteiger partial charge in [0.15, 0.2) is 0 Å². The van der Waals surface area contributed by atoms with Gasteiger partial charge in [-0.25, -0.2) is 9.78 Å². The molecule has 2 heterocycles. The number of aromatic carboxylic acids is 1. The van der Waals surface area contributed by atoms with E-state index < -0.39 is 23.8 Å². The van der Waals surface area contributed by atoms with Gasteiger partial charge in [0.2, 0.25) is 5.91 Å². The molecular formula is C13H15N3O4. The van der Waals surface area contributed by atoms with Gasteiger partial charge >= 0.3 is 5.97 Å². The standard InChI is InChI=1S/C13H15N3O4/c14-11(17)10-3-1-2-6-16(10)12(18)8-4-5-15-9(7-8)13(19)20/h4-5,7,10H,1-3,6H2,(H2,14,17)(H,19,20). The maximum Gasteiger partial charge on any atom is 0.354 e. The van der Waals surface area contributed by atoms with Crippen molar-refractivity contribution in [3.05, 3.63) is 29.6 Å². The quantitative estimate of drug-likeness (QED) is 0.822. The van der Waals surface area contributed by atoms with E-state index in [4.69, 9.17) is 10.8 Å². The third-order valence-electron chi connectivity index (χ3n) is 3.32. The summed E-state index contributed by atoms with van der Waals surface area (Å²) in [4.78, 5) is 39.7. The van der Waals surface area contributed by atoms with Crippen LogP contribution in [0.15, 0.2) is 18.3 Å². The van der Waals surface area contributed by atoms with Gasteiger partial charge in [-0.3, -0.25) is 9.59 Å². The van der Waals surface area contributed by atoms with Gasteiger partial charge in [0.1, 0.15) is 11.7 Å². The molecule has 0 radical (unpaired) electrons. The number of aromatic nitrogens is 1. The Bertz CT molecular complexity index is 558. The summed E-state index contributed by atoms with van der Waals surface area (Å²) in [5, 5.41) is 8.88. The minimum atomic E-state index is -1.20. The van der Waals surface area contributed by atoms with Crippen LogP contribution in [0.5, 0.6) is 0 Å². The number of rotatable bonds is 3. The lowest BCUT2D eigenvalue weighted by atomic mass is 10.0. The number of nitrogens with zero attached hydrogens (tertiary/aromatic N) is 2. The van der Waals surface area contributed by atoms with E-state index >= 15 is 0 Å². The number of pyridine rings is 1. The van der Waals surface area contributed by atoms with Gasteiger partial charge < -0.3 is 15.7 Å². The number of amides is 2. The molecule has 1 aromatic heterocycles. The third-order valence-corrected chi connectivity index (χ3v) is 3.32. The summed E-state index contributed by atoms with van der Waals surface area (Å²) in [5.41, 5.74) is 5.31. The Morgan fingerprint density at radius 3 is 2.75 bits per heavy atom. The van der Waals surface area contributed by atoms with Crippen LogP contribution >= 0.6 is 0 Å². The summed E-state index contributed by atoms with van der Waals surface area (Å²) in [6.45, 7) is 0.442. The smallest absolute Gasteiger partial charge is 0.354 e. The molecule has 106 valence electrons. The maximum atomic E-state index is 12.4. The van der Waals surface area contributed by atoms with Crippen LogP contribution < -0.4 is 5.73 Å². The molecule has 0 aliphatic carbocycles. The zero-order valence-electron chi connectivity index (χ0n) is 10.8. The van der Waals surface area contributed by atoms with E-state index in [0.717, 1.165) is 12.8 Å². The molecule has 3 N–H and O–H groups in total. The predicted octanol–water partition coefficient (Wildman–Crippen LogP) is 0.260. The van der Waals surface area contributed by atoms with Crippen molar-refractivity contribution in [1.29, 1.82) is 0 Å². The SMILES string of the molecule is NC(=O)C1CCCCN1C(=O)c1ccnc(C(=O)O)c1. The molecule has 0 bridgehead atoms. The monoisotopic (exact) mass is 277 g/mol. The van der Waals surface area contributed by atoms with Gasteiger partial charge in [0.25, 0.3) is 5.91 Å². The average Bonchev–Trinajstić information content (AvgIpc) is 2.46.